The smallest absolute Gasteiger partial charge is 0.127 e. The maximum atomic E-state index is 14.0. The summed E-state index contributed by atoms with van der Waals surface area (Å²) in [6.45, 7) is 4.00. The van der Waals surface area contributed by atoms with Gasteiger partial charge in [0.1, 0.15) is 5.82 Å². The van der Waals surface area contributed by atoms with E-state index in [0.717, 1.165) is 6.42 Å². The first-order valence-electron chi connectivity index (χ1n) is 6.33. The Morgan fingerprint density at radius 3 is 2.16 bits per heavy atom. The normalized spacial score (nSPS) is 12.7. The quantitative estimate of drug-likeness (QED) is 0.661. The second-order valence-corrected chi connectivity index (χ2v) is 6.03. The Morgan fingerprint density at radius 1 is 1.11 bits per heavy atom. The van der Waals surface area contributed by atoms with Crippen LogP contribution in [0.1, 0.15) is 32.3 Å². The lowest BCUT2D eigenvalue weighted by Crippen LogP contribution is -2.35. The van der Waals surface area contributed by atoms with Crippen molar-refractivity contribution in [3.63, 3.8) is 0 Å². The number of hydrogen-bond donors (Lipinski definition) is 0. The van der Waals surface area contributed by atoms with E-state index in [-0.39, 0.29) is 23.2 Å². The van der Waals surface area contributed by atoms with Crippen molar-refractivity contribution in [2.45, 2.75) is 37.7 Å². The largest absolute Gasteiger partial charge is 0.379 e. The van der Waals surface area contributed by atoms with E-state index >= 15 is 0 Å². The highest BCUT2D eigenvalue weighted by Gasteiger charge is 2.35. The summed E-state index contributed by atoms with van der Waals surface area (Å²) in [5.74, 6) is 0.327. The van der Waals surface area contributed by atoms with Crippen LogP contribution in [0.3, 0.4) is 0 Å². The van der Waals surface area contributed by atoms with Crippen LogP contribution in [0.5, 0.6) is 0 Å². The van der Waals surface area contributed by atoms with Gasteiger partial charge in [0.2, 0.25) is 0 Å². The van der Waals surface area contributed by atoms with E-state index in [9.17, 15) is 4.39 Å². The molecule has 1 rings (SSSR count). The average Bonchev–Trinajstić information content (AvgIpc) is 2.42. The van der Waals surface area contributed by atoms with Crippen molar-refractivity contribution in [1.29, 1.82) is 0 Å². The van der Waals surface area contributed by atoms with Crippen LogP contribution in [-0.4, -0.2) is 24.5 Å². The molecule has 0 heterocycles. The fourth-order valence-electron chi connectivity index (χ4n) is 1.98. The first kappa shape index (κ1) is 16.7. The molecule has 0 N–H and O–H groups in total. The van der Waals surface area contributed by atoms with E-state index < -0.39 is 5.41 Å². The number of hydrogen-bond acceptors (Lipinski definition) is 1. The molecule has 0 spiro atoms. The van der Waals surface area contributed by atoms with Crippen molar-refractivity contribution < 1.29 is 9.13 Å². The molecule has 4 heteroatoms. The van der Waals surface area contributed by atoms with Gasteiger partial charge in [-0.3, -0.25) is 0 Å². The molecule has 0 bridgehead atoms. The number of halogens is 3. The van der Waals surface area contributed by atoms with E-state index in [1.807, 2.05) is 19.9 Å². The molecule has 0 amide bonds. The first-order valence-corrected chi connectivity index (χ1v) is 7.40. The fourth-order valence-corrected chi connectivity index (χ4v) is 2.82. The summed E-state index contributed by atoms with van der Waals surface area (Å²) in [6.07, 6.45) is 1.44. The molecule has 0 aliphatic heterocycles. The summed E-state index contributed by atoms with van der Waals surface area (Å²) in [7, 11) is 1.67. The summed E-state index contributed by atoms with van der Waals surface area (Å²) < 4.78 is 19.4. The molecule has 0 saturated carbocycles. The lowest BCUT2D eigenvalue weighted by molar-refractivity contribution is 0.00992. The van der Waals surface area contributed by atoms with Crippen LogP contribution in [0.25, 0.3) is 0 Å². The molecule has 0 fully saturated rings. The molecule has 19 heavy (non-hydrogen) atoms. The van der Waals surface area contributed by atoms with E-state index in [0.29, 0.717) is 12.0 Å². The van der Waals surface area contributed by atoms with Gasteiger partial charge in [-0.2, -0.15) is 0 Å². The van der Waals surface area contributed by atoms with Gasteiger partial charge in [0, 0.05) is 24.3 Å². The minimum absolute atomic E-state index is 0.251. The summed E-state index contributed by atoms with van der Waals surface area (Å²) in [4.78, 5) is 0. The highest BCUT2D eigenvalue weighted by Crippen LogP contribution is 2.36. The Hall–Kier alpha value is -0.310. The zero-order chi connectivity index (χ0) is 14.5. The Labute approximate surface area is 125 Å². The van der Waals surface area contributed by atoms with Gasteiger partial charge in [0.05, 0.1) is 5.60 Å². The maximum absolute atomic E-state index is 14.0. The summed E-state index contributed by atoms with van der Waals surface area (Å²) in [5.41, 5.74) is -0.231. The van der Waals surface area contributed by atoms with Gasteiger partial charge in [-0.25, -0.2) is 4.39 Å². The molecule has 0 saturated heterocycles. The van der Waals surface area contributed by atoms with Crippen LogP contribution in [0.15, 0.2) is 24.3 Å². The average molecular weight is 307 g/mol. The maximum Gasteiger partial charge on any atom is 0.127 e. The summed E-state index contributed by atoms with van der Waals surface area (Å²) in [6, 6.07) is 6.70. The standard InChI is InChI=1S/C15H21Cl2FO/c1-14(2,19-3)8-9-15(10-16,11-17)12-6-4-5-7-13(12)18/h4-7H,8-11H2,1-3H3. The van der Waals surface area contributed by atoms with E-state index in [1.165, 1.54) is 6.07 Å². The van der Waals surface area contributed by atoms with Crippen molar-refractivity contribution in [1.82, 2.24) is 0 Å². The van der Waals surface area contributed by atoms with Gasteiger partial charge in [-0.15, -0.1) is 23.2 Å². The molecule has 0 aliphatic rings. The number of ether oxygens (including phenoxy) is 1. The van der Waals surface area contributed by atoms with Gasteiger partial charge in [0.15, 0.2) is 0 Å². The lowest BCUT2D eigenvalue weighted by atomic mass is 9.77. The fraction of sp³-hybridized carbons (Fsp3) is 0.600. The molecule has 0 unspecified atom stereocenters. The van der Waals surface area contributed by atoms with Crippen molar-refractivity contribution >= 4 is 23.2 Å². The highest BCUT2D eigenvalue weighted by molar-refractivity contribution is 6.22. The van der Waals surface area contributed by atoms with Gasteiger partial charge in [0.25, 0.3) is 0 Å². The minimum Gasteiger partial charge on any atom is -0.379 e. The minimum atomic E-state index is -0.551. The van der Waals surface area contributed by atoms with E-state index in [4.69, 9.17) is 27.9 Å². The third-order valence-electron chi connectivity index (χ3n) is 3.72. The molecule has 1 aromatic carbocycles. The van der Waals surface area contributed by atoms with Crippen LogP contribution in [0.4, 0.5) is 4.39 Å². The summed E-state index contributed by atoms with van der Waals surface area (Å²) in [5, 5.41) is 0. The van der Waals surface area contributed by atoms with Gasteiger partial charge < -0.3 is 4.74 Å². The molecule has 108 valence electrons. The Balaban J connectivity index is 3.01. The lowest BCUT2D eigenvalue weighted by Gasteiger charge is -2.34. The van der Waals surface area contributed by atoms with Crippen LogP contribution in [0.2, 0.25) is 0 Å². The van der Waals surface area contributed by atoms with Crippen molar-refractivity contribution in [2.24, 2.45) is 0 Å². The van der Waals surface area contributed by atoms with Crippen LogP contribution < -0.4 is 0 Å². The van der Waals surface area contributed by atoms with Crippen molar-refractivity contribution in [2.75, 3.05) is 18.9 Å². The Bertz CT molecular complexity index is 403. The molecule has 0 radical (unpaired) electrons. The predicted molar refractivity (Wildman–Crippen MR) is 79.8 cm³/mol. The molecule has 0 atom stereocenters. The third-order valence-corrected chi connectivity index (χ3v) is 4.74. The number of benzene rings is 1. The Kier molecular flexibility index (Phi) is 6.10. The predicted octanol–water partition coefficient (Wildman–Crippen LogP) is 4.75. The van der Waals surface area contributed by atoms with Gasteiger partial charge >= 0.3 is 0 Å². The van der Waals surface area contributed by atoms with Crippen LogP contribution >= 0.6 is 23.2 Å². The highest BCUT2D eigenvalue weighted by atomic mass is 35.5. The van der Waals surface area contributed by atoms with Gasteiger partial charge in [-0.1, -0.05) is 18.2 Å². The number of alkyl halides is 2. The van der Waals surface area contributed by atoms with E-state index in [2.05, 4.69) is 0 Å². The topological polar surface area (TPSA) is 9.23 Å². The second-order valence-electron chi connectivity index (χ2n) is 5.49. The monoisotopic (exact) mass is 306 g/mol. The zero-order valence-electron chi connectivity index (χ0n) is 11.7. The van der Waals surface area contributed by atoms with Gasteiger partial charge in [-0.05, 0) is 38.3 Å². The van der Waals surface area contributed by atoms with Crippen molar-refractivity contribution in [3.8, 4) is 0 Å². The number of methoxy groups -OCH3 is 1. The van der Waals surface area contributed by atoms with Crippen molar-refractivity contribution in [3.05, 3.63) is 35.6 Å². The first-order chi connectivity index (χ1) is 8.90. The molecule has 1 nitrogen and oxygen atoms in total. The number of rotatable bonds is 7. The SMILES string of the molecule is COC(C)(C)CCC(CCl)(CCl)c1ccccc1F. The molecule has 0 aromatic heterocycles. The zero-order valence-corrected chi connectivity index (χ0v) is 13.2. The molecule has 1 aromatic rings. The van der Waals surface area contributed by atoms with Crippen LogP contribution in [0, 0.1) is 5.82 Å². The Morgan fingerprint density at radius 2 is 1.68 bits per heavy atom. The molecule has 0 aliphatic carbocycles. The molecular weight excluding hydrogens is 286 g/mol. The third kappa shape index (κ3) is 4.08. The second kappa shape index (κ2) is 6.92. The van der Waals surface area contributed by atoms with Crippen LogP contribution in [-0.2, 0) is 10.2 Å². The summed E-state index contributed by atoms with van der Waals surface area (Å²) >= 11 is 12.2. The molecular formula is C15H21Cl2FO. The van der Waals surface area contributed by atoms with E-state index in [1.54, 1.807) is 19.2 Å².